The number of hydrogen-bond acceptors (Lipinski definition) is 5. The summed E-state index contributed by atoms with van der Waals surface area (Å²) in [6, 6.07) is 11.3. The van der Waals surface area contributed by atoms with Crippen molar-refractivity contribution in [3.05, 3.63) is 69.5 Å². The lowest BCUT2D eigenvalue weighted by molar-refractivity contribution is -0.117. The van der Waals surface area contributed by atoms with Crippen molar-refractivity contribution < 1.29 is 9.00 Å². The Balaban J connectivity index is 1.97. The van der Waals surface area contributed by atoms with E-state index in [1.54, 1.807) is 23.5 Å². The van der Waals surface area contributed by atoms with Crippen molar-refractivity contribution in [3.8, 4) is 11.3 Å². The molecule has 34 heavy (non-hydrogen) atoms. The topological polar surface area (TPSA) is 88.6 Å². The molecule has 0 spiro atoms. The lowest BCUT2D eigenvalue weighted by Crippen LogP contribution is -2.17. The molecule has 3 aromatic rings. The molecule has 1 unspecified atom stereocenters. The van der Waals surface area contributed by atoms with E-state index in [0.29, 0.717) is 4.90 Å². The molecule has 0 radical (unpaired) electrons. The molecule has 182 valence electrons. The molecule has 0 saturated heterocycles. The number of carbonyl (C=O) groups is 1. The van der Waals surface area contributed by atoms with Crippen LogP contribution in [0.4, 0.5) is 0 Å². The normalized spacial score (nSPS) is 13.5. The van der Waals surface area contributed by atoms with Crippen LogP contribution < -0.4 is 5.14 Å². The van der Waals surface area contributed by atoms with Gasteiger partial charge >= 0.3 is 0 Å². The Morgan fingerprint density at radius 2 is 1.68 bits per heavy atom. The van der Waals surface area contributed by atoms with Crippen LogP contribution in [0.3, 0.4) is 0 Å². The first-order valence-electron chi connectivity index (χ1n) is 11.3. The Morgan fingerprint density at radius 3 is 2.15 bits per heavy atom. The third-order valence-corrected chi connectivity index (χ3v) is 7.63. The van der Waals surface area contributed by atoms with Gasteiger partial charge in [0.15, 0.2) is 0 Å². The molecule has 3 rings (SSSR count). The van der Waals surface area contributed by atoms with Gasteiger partial charge in [-0.15, -0.1) is 15.7 Å². The van der Waals surface area contributed by atoms with Gasteiger partial charge < -0.3 is 4.90 Å². The van der Waals surface area contributed by atoms with Crippen LogP contribution in [0.1, 0.15) is 61.8 Å². The van der Waals surface area contributed by atoms with Gasteiger partial charge in [-0.3, -0.25) is 4.79 Å². The Hall–Kier alpha value is -2.39. The van der Waals surface area contributed by atoms with E-state index < -0.39 is 15.8 Å². The fraction of sp³-hybridized carbons (Fsp3) is 0.385. The summed E-state index contributed by atoms with van der Waals surface area (Å²) in [6.07, 6.45) is 0.0608. The molecule has 1 heterocycles. The molecule has 2 aromatic carbocycles. The zero-order chi connectivity index (χ0) is 25.0. The molecule has 0 aliphatic rings. The second kappa shape index (κ2) is 10.9. The number of aromatic nitrogens is 1. The number of nitrogens with zero attached hydrogens (tertiary/aromatic N) is 3. The Bertz CT molecular complexity index is 1230. The number of carbonyl (C=O) groups excluding carboxylic acids is 1. The largest absolute Gasteiger partial charge is 0.305 e. The van der Waals surface area contributed by atoms with Crippen molar-refractivity contribution in [2.75, 3.05) is 14.1 Å². The van der Waals surface area contributed by atoms with Crippen LogP contribution in [0.2, 0.25) is 0 Å². The summed E-state index contributed by atoms with van der Waals surface area (Å²) >= 11 is 1.56. The number of thiazole rings is 1. The van der Waals surface area contributed by atoms with Crippen molar-refractivity contribution in [1.29, 1.82) is 0 Å². The third kappa shape index (κ3) is 6.39. The first-order valence-corrected chi connectivity index (χ1v) is 13.9. The molecule has 8 heteroatoms. The van der Waals surface area contributed by atoms with E-state index >= 15 is 0 Å². The first-order chi connectivity index (χ1) is 16.0. The van der Waals surface area contributed by atoms with Crippen LogP contribution in [0.15, 0.2) is 56.5 Å². The number of rotatable bonds is 8. The van der Waals surface area contributed by atoms with Crippen molar-refractivity contribution in [3.63, 3.8) is 0 Å². The van der Waals surface area contributed by atoms with Crippen molar-refractivity contribution in [2.45, 2.75) is 57.4 Å². The molecule has 1 atom stereocenters. The summed E-state index contributed by atoms with van der Waals surface area (Å²) in [5, 5.41) is 8.08. The van der Waals surface area contributed by atoms with E-state index in [0.717, 1.165) is 40.1 Å². The quantitative estimate of drug-likeness (QED) is 0.438. The van der Waals surface area contributed by atoms with Crippen LogP contribution in [-0.2, 0) is 27.7 Å². The molecule has 1 amide bonds. The van der Waals surface area contributed by atoms with Gasteiger partial charge in [0.1, 0.15) is 9.92 Å². The lowest BCUT2D eigenvalue weighted by Gasteiger charge is -2.20. The standard InChI is InChI=1S/C26H34N4O2S2/c1-17(2)22-11-20(25-15-33-16-28-25)12-23(18(3)4)24(22)13-26(31)29-34(27,32)21-9-7-19(8-10-21)14-30(5)6/h7-12,15-18H,13-14H2,1-6H3,(H2,27,29,31,32). The average molecular weight is 499 g/mol. The minimum Gasteiger partial charge on any atom is -0.305 e. The molecule has 0 bridgehead atoms. The van der Waals surface area contributed by atoms with E-state index in [2.05, 4.69) is 49.2 Å². The van der Waals surface area contributed by atoms with Crippen LogP contribution in [0, 0.1) is 0 Å². The highest BCUT2D eigenvalue weighted by molar-refractivity contribution is 7.91. The Morgan fingerprint density at radius 1 is 1.09 bits per heavy atom. The van der Waals surface area contributed by atoms with Crippen LogP contribution >= 0.6 is 11.3 Å². The van der Waals surface area contributed by atoms with Crippen molar-refractivity contribution in [1.82, 2.24) is 9.88 Å². The predicted molar refractivity (Wildman–Crippen MR) is 141 cm³/mol. The fourth-order valence-electron chi connectivity index (χ4n) is 4.00. The van der Waals surface area contributed by atoms with Gasteiger partial charge in [0.05, 0.1) is 22.5 Å². The minimum atomic E-state index is -3.33. The van der Waals surface area contributed by atoms with Crippen LogP contribution in [-0.4, -0.2) is 34.1 Å². The maximum atomic E-state index is 13.1. The number of amides is 1. The monoisotopic (exact) mass is 498 g/mol. The van der Waals surface area contributed by atoms with Gasteiger partial charge in [0, 0.05) is 17.5 Å². The lowest BCUT2D eigenvalue weighted by atomic mass is 9.85. The van der Waals surface area contributed by atoms with Crippen LogP contribution in [0.25, 0.3) is 11.3 Å². The summed E-state index contributed by atoms with van der Waals surface area (Å²) < 4.78 is 17.1. The highest BCUT2D eigenvalue weighted by atomic mass is 32.2. The maximum Gasteiger partial charge on any atom is 0.259 e. The molecule has 1 aromatic heterocycles. The summed E-state index contributed by atoms with van der Waals surface area (Å²) in [7, 11) is 0.629. The van der Waals surface area contributed by atoms with E-state index in [-0.39, 0.29) is 18.3 Å². The van der Waals surface area contributed by atoms with Gasteiger partial charge in [-0.1, -0.05) is 39.8 Å². The fourth-order valence-corrected chi connectivity index (χ4v) is 5.56. The smallest absolute Gasteiger partial charge is 0.259 e. The molecule has 6 nitrogen and oxygen atoms in total. The minimum absolute atomic E-state index is 0.0608. The molecular formula is C26H34N4O2S2. The van der Waals surface area contributed by atoms with Crippen molar-refractivity contribution in [2.24, 2.45) is 9.50 Å². The highest BCUT2D eigenvalue weighted by Gasteiger charge is 2.20. The Kier molecular flexibility index (Phi) is 8.41. The van der Waals surface area contributed by atoms with E-state index in [4.69, 9.17) is 5.14 Å². The second-order valence-corrected chi connectivity index (χ2v) is 11.9. The summed E-state index contributed by atoms with van der Waals surface area (Å²) in [5.74, 6) is -0.0780. The highest BCUT2D eigenvalue weighted by Crippen LogP contribution is 2.34. The van der Waals surface area contributed by atoms with Crippen LogP contribution in [0.5, 0.6) is 0 Å². The van der Waals surface area contributed by atoms with Gasteiger partial charge in [-0.05, 0) is 72.5 Å². The van der Waals surface area contributed by atoms with E-state index in [9.17, 15) is 9.00 Å². The number of benzene rings is 2. The second-order valence-electron chi connectivity index (χ2n) is 9.43. The average Bonchev–Trinajstić information content (AvgIpc) is 3.28. The SMILES string of the molecule is CC(C)c1cc(-c2cscn2)cc(C(C)C)c1CC(=O)N=S(N)(=O)c1ccc(CN(C)C)cc1. The van der Waals surface area contributed by atoms with Gasteiger partial charge in [0.2, 0.25) is 0 Å². The van der Waals surface area contributed by atoms with Gasteiger partial charge in [-0.2, -0.15) is 0 Å². The van der Waals surface area contributed by atoms with Crippen molar-refractivity contribution >= 4 is 27.2 Å². The molecule has 0 aliphatic heterocycles. The first kappa shape index (κ1) is 26.2. The van der Waals surface area contributed by atoms with Gasteiger partial charge in [0.25, 0.3) is 5.91 Å². The molecule has 2 N–H and O–H groups in total. The molecule has 0 fully saturated rings. The molecular weight excluding hydrogens is 464 g/mol. The zero-order valence-electron chi connectivity index (χ0n) is 20.7. The molecule has 0 aliphatic carbocycles. The number of nitrogens with two attached hydrogens (primary N) is 1. The summed E-state index contributed by atoms with van der Waals surface area (Å²) in [6.45, 7) is 9.19. The zero-order valence-corrected chi connectivity index (χ0v) is 22.4. The predicted octanol–water partition coefficient (Wildman–Crippen LogP) is 5.59. The summed E-state index contributed by atoms with van der Waals surface area (Å²) in [5.41, 5.74) is 7.96. The third-order valence-electron chi connectivity index (χ3n) is 5.62. The van der Waals surface area contributed by atoms with E-state index in [1.165, 1.54) is 0 Å². The number of hydrogen-bond donors (Lipinski definition) is 1. The maximum absolute atomic E-state index is 13.1. The summed E-state index contributed by atoms with van der Waals surface area (Å²) in [4.78, 5) is 19.9. The van der Waals surface area contributed by atoms with Gasteiger partial charge in [-0.25, -0.2) is 14.3 Å². The Labute approximate surface area is 207 Å². The van der Waals surface area contributed by atoms with E-state index in [1.807, 2.05) is 42.0 Å². The molecule has 0 saturated carbocycles.